The maximum Gasteiger partial charge on any atom is 0.266 e. The Bertz CT molecular complexity index is 1040. The normalized spacial score (nSPS) is 18.0. The quantitative estimate of drug-likeness (QED) is 0.464. The van der Waals surface area contributed by atoms with Crippen molar-refractivity contribution in [3.63, 3.8) is 0 Å². The van der Waals surface area contributed by atoms with Crippen LogP contribution in [0.5, 0.6) is 0 Å². The third-order valence-corrected chi connectivity index (χ3v) is 6.25. The molecule has 0 radical (unpaired) electrons. The topological polar surface area (TPSA) is 56.1 Å². The van der Waals surface area contributed by atoms with Crippen LogP contribution in [0.4, 0.5) is 11.4 Å². The molecule has 3 rings (SSSR count). The minimum absolute atomic E-state index is 0.0215. The van der Waals surface area contributed by atoms with Gasteiger partial charge in [-0.05, 0) is 73.7 Å². The maximum absolute atomic E-state index is 12.5. The molecule has 0 aromatic heterocycles. The van der Waals surface area contributed by atoms with Gasteiger partial charge >= 0.3 is 0 Å². The first-order chi connectivity index (χ1) is 13.6. The van der Waals surface area contributed by atoms with Crippen molar-refractivity contribution < 1.29 is 4.79 Å². The smallest absolute Gasteiger partial charge is 0.266 e. The van der Waals surface area contributed by atoms with Gasteiger partial charge in [-0.2, -0.15) is 5.26 Å². The molecule has 150 valence electrons. The first-order valence-corrected chi connectivity index (χ1v) is 10.1. The summed E-state index contributed by atoms with van der Waals surface area (Å²) in [6.07, 6.45) is 2.65. The van der Waals surface area contributed by atoms with Crippen LogP contribution in [0.1, 0.15) is 44.2 Å². The average molecular weight is 428 g/mol. The first kappa shape index (κ1) is 21.2. The number of benzene rings is 2. The van der Waals surface area contributed by atoms with Gasteiger partial charge < -0.3 is 10.2 Å². The zero-order valence-electron chi connectivity index (χ0n) is 16.9. The molecule has 0 aliphatic carbocycles. The van der Waals surface area contributed by atoms with E-state index in [0.717, 1.165) is 12.0 Å². The van der Waals surface area contributed by atoms with Crippen LogP contribution in [0.3, 0.4) is 0 Å². The Labute approximate surface area is 181 Å². The van der Waals surface area contributed by atoms with Crippen LogP contribution in [0.2, 0.25) is 10.0 Å². The van der Waals surface area contributed by atoms with Crippen LogP contribution in [0.25, 0.3) is 6.08 Å². The molecule has 1 unspecified atom stereocenters. The standard InChI is InChI=1S/C23H23Cl2N3O/c1-14-12-23(2,3)28(4)21-8-5-15(10-18(14)21)9-16(13-26)22(29)27-17-6-7-19(24)20(25)11-17/h5-11,14H,12H2,1-4H3,(H,27,29)/b16-9-. The van der Waals surface area contributed by atoms with Gasteiger partial charge in [0, 0.05) is 24.0 Å². The van der Waals surface area contributed by atoms with E-state index in [1.807, 2.05) is 12.1 Å². The van der Waals surface area contributed by atoms with Gasteiger partial charge in [-0.25, -0.2) is 0 Å². The van der Waals surface area contributed by atoms with E-state index in [4.69, 9.17) is 23.2 Å². The number of amides is 1. The van der Waals surface area contributed by atoms with Crippen molar-refractivity contribution in [2.45, 2.75) is 38.6 Å². The van der Waals surface area contributed by atoms with Crippen LogP contribution >= 0.6 is 23.2 Å². The Morgan fingerprint density at radius 2 is 1.97 bits per heavy atom. The molecule has 0 fully saturated rings. The Morgan fingerprint density at radius 3 is 2.62 bits per heavy atom. The lowest BCUT2D eigenvalue weighted by Crippen LogP contribution is -2.45. The predicted octanol–water partition coefficient (Wildman–Crippen LogP) is 6.26. The molecule has 4 nitrogen and oxygen atoms in total. The molecular formula is C23H23Cl2N3O. The molecule has 2 aromatic carbocycles. The van der Waals surface area contributed by atoms with Gasteiger partial charge in [-0.3, -0.25) is 4.79 Å². The van der Waals surface area contributed by atoms with Gasteiger partial charge in [0.25, 0.3) is 5.91 Å². The highest BCUT2D eigenvalue weighted by molar-refractivity contribution is 6.42. The molecule has 6 heteroatoms. The molecule has 1 heterocycles. The van der Waals surface area contributed by atoms with E-state index in [0.29, 0.717) is 21.7 Å². The largest absolute Gasteiger partial charge is 0.369 e. The molecule has 0 spiro atoms. The number of carbonyl (C=O) groups is 1. The van der Waals surface area contributed by atoms with Crippen molar-refractivity contribution in [2.24, 2.45) is 0 Å². The number of rotatable bonds is 3. The number of nitrogens with one attached hydrogen (secondary N) is 1. The molecule has 2 aromatic rings. The molecule has 1 N–H and O–H groups in total. The van der Waals surface area contributed by atoms with Crippen molar-refractivity contribution in [3.05, 3.63) is 63.1 Å². The van der Waals surface area contributed by atoms with Crippen molar-refractivity contribution in [1.29, 1.82) is 5.26 Å². The third kappa shape index (κ3) is 4.42. The van der Waals surface area contributed by atoms with Crippen molar-refractivity contribution in [2.75, 3.05) is 17.3 Å². The molecule has 0 bridgehead atoms. The van der Waals surface area contributed by atoms with Crippen molar-refractivity contribution in [3.8, 4) is 6.07 Å². The molecule has 1 aliphatic rings. The minimum atomic E-state index is -0.491. The number of hydrogen-bond donors (Lipinski definition) is 1. The second kappa shape index (κ2) is 8.10. The Kier molecular flexibility index (Phi) is 5.93. The van der Waals surface area contributed by atoms with Crippen LogP contribution in [0.15, 0.2) is 42.0 Å². The second-order valence-electron chi connectivity index (χ2n) is 8.05. The van der Waals surface area contributed by atoms with E-state index in [9.17, 15) is 10.1 Å². The van der Waals surface area contributed by atoms with E-state index >= 15 is 0 Å². The number of anilines is 2. The lowest BCUT2D eigenvalue weighted by molar-refractivity contribution is -0.112. The molecule has 1 aliphatic heterocycles. The fourth-order valence-electron chi connectivity index (χ4n) is 3.77. The zero-order valence-corrected chi connectivity index (χ0v) is 18.4. The highest BCUT2D eigenvalue weighted by Gasteiger charge is 2.33. The van der Waals surface area contributed by atoms with Crippen LogP contribution in [-0.2, 0) is 4.79 Å². The number of nitriles is 1. The third-order valence-electron chi connectivity index (χ3n) is 5.51. The van der Waals surface area contributed by atoms with Crippen LogP contribution in [0, 0.1) is 11.3 Å². The SMILES string of the molecule is CC1CC(C)(C)N(C)c2ccc(/C=C(/C#N)C(=O)Nc3ccc(Cl)c(Cl)c3)cc21. The second-order valence-corrected chi connectivity index (χ2v) is 8.86. The van der Waals surface area contributed by atoms with Crippen LogP contribution < -0.4 is 10.2 Å². The minimum Gasteiger partial charge on any atom is -0.369 e. The summed E-state index contributed by atoms with van der Waals surface area (Å²) in [5.41, 5.74) is 3.82. The summed E-state index contributed by atoms with van der Waals surface area (Å²) < 4.78 is 0. The van der Waals surface area contributed by atoms with E-state index in [1.54, 1.807) is 24.3 Å². The molecule has 1 amide bonds. The summed E-state index contributed by atoms with van der Waals surface area (Å²) in [5, 5.41) is 12.9. The highest BCUT2D eigenvalue weighted by atomic mass is 35.5. The first-order valence-electron chi connectivity index (χ1n) is 9.38. The van der Waals surface area contributed by atoms with E-state index < -0.39 is 5.91 Å². The van der Waals surface area contributed by atoms with Gasteiger partial charge in [-0.15, -0.1) is 0 Å². The summed E-state index contributed by atoms with van der Waals surface area (Å²) >= 11 is 11.9. The number of hydrogen-bond acceptors (Lipinski definition) is 3. The lowest BCUT2D eigenvalue weighted by Gasteiger charge is -2.45. The monoisotopic (exact) mass is 427 g/mol. The molecule has 0 saturated carbocycles. The molecule has 0 saturated heterocycles. The number of halogens is 2. The van der Waals surface area contributed by atoms with E-state index in [2.05, 4.69) is 50.2 Å². The van der Waals surface area contributed by atoms with Crippen LogP contribution in [-0.4, -0.2) is 18.5 Å². The summed E-state index contributed by atoms with van der Waals surface area (Å²) in [6.45, 7) is 6.69. The Morgan fingerprint density at radius 1 is 1.24 bits per heavy atom. The maximum atomic E-state index is 12.5. The van der Waals surface area contributed by atoms with E-state index in [1.165, 1.54) is 11.3 Å². The number of fused-ring (bicyclic) bond motifs is 1. The summed E-state index contributed by atoms with van der Waals surface area (Å²) in [7, 11) is 2.10. The summed E-state index contributed by atoms with van der Waals surface area (Å²) in [4.78, 5) is 14.8. The molecule has 29 heavy (non-hydrogen) atoms. The van der Waals surface area contributed by atoms with Gasteiger partial charge in [0.15, 0.2) is 0 Å². The predicted molar refractivity (Wildman–Crippen MR) is 121 cm³/mol. The lowest BCUT2D eigenvalue weighted by atomic mass is 9.80. The Balaban J connectivity index is 1.88. The molecule has 1 atom stereocenters. The van der Waals surface area contributed by atoms with Gasteiger partial charge in [0.2, 0.25) is 0 Å². The summed E-state index contributed by atoms with van der Waals surface area (Å²) in [5.74, 6) is -0.102. The van der Waals surface area contributed by atoms with E-state index in [-0.39, 0.29) is 11.1 Å². The average Bonchev–Trinajstić information content (AvgIpc) is 2.67. The van der Waals surface area contributed by atoms with Gasteiger partial charge in [0.05, 0.1) is 10.0 Å². The number of carbonyl (C=O) groups excluding carboxylic acids is 1. The number of nitrogens with zero attached hydrogens (tertiary/aromatic N) is 2. The van der Waals surface area contributed by atoms with Crippen molar-refractivity contribution in [1.82, 2.24) is 0 Å². The van der Waals surface area contributed by atoms with Gasteiger partial charge in [0.1, 0.15) is 11.6 Å². The fraction of sp³-hybridized carbons (Fsp3) is 0.304. The Hall–Kier alpha value is -2.48. The van der Waals surface area contributed by atoms with Gasteiger partial charge in [-0.1, -0.05) is 36.2 Å². The summed E-state index contributed by atoms with van der Waals surface area (Å²) in [6, 6.07) is 12.8. The zero-order chi connectivity index (χ0) is 21.3. The molecular weight excluding hydrogens is 405 g/mol. The fourth-order valence-corrected chi connectivity index (χ4v) is 4.07. The highest BCUT2D eigenvalue weighted by Crippen LogP contribution is 2.42. The van der Waals surface area contributed by atoms with Crippen molar-refractivity contribution >= 4 is 46.6 Å².